The van der Waals surface area contributed by atoms with Crippen molar-refractivity contribution in [1.29, 1.82) is 0 Å². The van der Waals surface area contributed by atoms with Crippen LogP contribution in [-0.4, -0.2) is 47.8 Å². The number of carbonyl (C=O) groups is 2. The number of halogens is 1. The maximum Gasteiger partial charge on any atom is 0.256 e. The van der Waals surface area contributed by atoms with Crippen molar-refractivity contribution in [2.45, 2.75) is 44.9 Å². The van der Waals surface area contributed by atoms with Crippen molar-refractivity contribution in [2.24, 2.45) is 23.2 Å². The van der Waals surface area contributed by atoms with Gasteiger partial charge in [-0.3, -0.25) is 9.59 Å². The van der Waals surface area contributed by atoms with Gasteiger partial charge in [-0.1, -0.05) is 12.1 Å². The summed E-state index contributed by atoms with van der Waals surface area (Å²) in [6.07, 6.45) is 8.61. The molecule has 150 valence electrons. The van der Waals surface area contributed by atoms with Crippen LogP contribution in [0.15, 0.2) is 24.3 Å². The van der Waals surface area contributed by atoms with Crippen LogP contribution in [-0.2, 0) is 4.79 Å². The lowest BCUT2D eigenvalue weighted by Gasteiger charge is -2.57. The molecule has 1 aromatic carbocycles. The highest BCUT2D eigenvalue weighted by Crippen LogP contribution is 2.61. The first-order valence-corrected chi connectivity index (χ1v) is 10.8. The smallest absolute Gasteiger partial charge is 0.256 e. The summed E-state index contributed by atoms with van der Waals surface area (Å²) in [6.45, 7) is 2.09. The first kappa shape index (κ1) is 18.1. The molecule has 1 heterocycles. The maximum absolute atomic E-state index is 13.9. The summed E-state index contributed by atoms with van der Waals surface area (Å²) < 4.78 is 13.9. The number of benzene rings is 1. The highest BCUT2D eigenvalue weighted by molar-refractivity contribution is 5.94. The monoisotopic (exact) mass is 384 g/mol. The molecule has 4 nitrogen and oxygen atoms in total. The number of hydrogen-bond donors (Lipinski definition) is 0. The Morgan fingerprint density at radius 2 is 1.43 bits per heavy atom. The third-order valence-electron chi connectivity index (χ3n) is 7.72. The molecular weight excluding hydrogens is 355 g/mol. The summed E-state index contributed by atoms with van der Waals surface area (Å²) in [6, 6.07) is 6.12. The molecule has 4 saturated carbocycles. The van der Waals surface area contributed by atoms with Crippen molar-refractivity contribution in [3.8, 4) is 0 Å². The summed E-state index contributed by atoms with van der Waals surface area (Å²) in [5, 5.41) is 0. The highest BCUT2D eigenvalue weighted by Gasteiger charge is 2.51. The fraction of sp³-hybridized carbons (Fsp3) is 0.652. The molecule has 2 amide bonds. The van der Waals surface area contributed by atoms with E-state index in [4.69, 9.17) is 0 Å². The second kappa shape index (κ2) is 6.85. The average Bonchev–Trinajstić information content (AvgIpc) is 2.66. The minimum absolute atomic E-state index is 0.121. The van der Waals surface area contributed by atoms with Gasteiger partial charge in [0.15, 0.2) is 0 Å². The van der Waals surface area contributed by atoms with Crippen LogP contribution >= 0.6 is 0 Å². The second-order valence-corrected chi connectivity index (χ2v) is 9.75. The van der Waals surface area contributed by atoms with Gasteiger partial charge in [0.05, 0.1) is 5.56 Å². The van der Waals surface area contributed by atoms with E-state index in [1.54, 1.807) is 17.0 Å². The van der Waals surface area contributed by atoms with Crippen molar-refractivity contribution in [1.82, 2.24) is 9.80 Å². The van der Waals surface area contributed by atoms with E-state index in [1.165, 1.54) is 50.7 Å². The number of hydrogen-bond acceptors (Lipinski definition) is 2. The van der Waals surface area contributed by atoms with Gasteiger partial charge < -0.3 is 9.80 Å². The lowest BCUT2D eigenvalue weighted by molar-refractivity contribution is -0.141. The Hall–Kier alpha value is -1.91. The third-order valence-corrected chi connectivity index (χ3v) is 7.72. The summed E-state index contributed by atoms with van der Waals surface area (Å²) in [5.41, 5.74) is 0.377. The van der Waals surface area contributed by atoms with Crippen LogP contribution in [0.4, 0.5) is 4.39 Å². The van der Waals surface area contributed by atoms with Crippen LogP contribution in [0.25, 0.3) is 0 Å². The van der Waals surface area contributed by atoms with Gasteiger partial charge in [0.1, 0.15) is 5.82 Å². The van der Waals surface area contributed by atoms with Gasteiger partial charge in [0, 0.05) is 32.6 Å². The molecule has 5 heteroatoms. The van der Waals surface area contributed by atoms with Gasteiger partial charge in [-0.15, -0.1) is 0 Å². The zero-order chi connectivity index (χ0) is 19.3. The lowest BCUT2D eigenvalue weighted by atomic mass is 9.49. The Balaban J connectivity index is 1.19. The summed E-state index contributed by atoms with van der Waals surface area (Å²) in [4.78, 5) is 29.2. The molecule has 4 aliphatic carbocycles. The van der Waals surface area contributed by atoms with E-state index in [2.05, 4.69) is 0 Å². The minimum atomic E-state index is -0.479. The van der Waals surface area contributed by atoms with Crippen LogP contribution in [0, 0.1) is 29.0 Å². The topological polar surface area (TPSA) is 40.6 Å². The fourth-order valence-corrected chi connectivity index (χ4v) is 6.90. The molecule has 0 unspecified atom stereocenters. The minimum Gasteiger partial charge on any atom is -0.339 e. The second-order valence-electron chi connectivity index (χ2n) is 9.75. The first-order valence-electron chi connectivity index (χ1n) is 10.8. The molecule has 0 aromatic heterocycles. The lowest BCUT2D eigenvalue weighted by Crippen LogP contribution is -2.53. The van der Waals surface area contributed by atoms with Crippen molar-refractivity contribution >= 4 is 11.8 Å². The number of amides is 2. The average molecular weight is 384 g/mol. The molecular formula is C23H29FN2O2. The van der Waals surface area contributed by atoms with Crippen molar-refractivity contribution in [3.63, 3.8) is 0 Å². The van der Waals surface area contributed by atoms with Crippen LogP contribution in [0.3, 0.4) is 0 Å². The normalized spacial score (nSPS) is 34.0. The van der Waals surface area contributed by atoms with E-state index in [9.17, 15) is 14.0 Å². The third kappa shape index (κ3) is 3.23. The Labute approximate surface area is 166 Å². The fourth-order valence-electron chi connectivity index (χ4n) is 6.90. The Morgan fingerprint density at radius 3 is 2.00 bits per heavy atom. The molecule has 28 heavy (non-hydrogen) atoms. The zero-order valence-corrected chi connectivity index (χ0v) is 16.4. The first-order chi connectivity index (χ1) is 13.5. The molecule has 0 spiro atoms. The van der Waals surface area contributed by atoms with Crippen molar-refractivity contribution in [3.05, 3.63) is 35.6 Å². The van der Waals surface area contributed by atoms with Gasteiger partial charge in [-0.2, -0.15) is 0 Å². The summed E-state index contributed by atoms with van der Waals surface area (Å²) >= 11 is 0. The SMILES string of the molecule is O=C(CC12CC3CC(CC(C3)C1)C2)N1CCN(C(=O)c2ccccc2F)CC1. The van der Waals surface area contributed by atoms with E-state index in [-0.39, 0.29) is 22.8 Å². The quantitative estimate of drug-likeness (QED) is 0.797. The standard InChI is InChI=1S/C23H29FN2O2/c24-20-4-2-1-3-19(20)22(28)26-7-5-25(6-8-26)21(27)15-23-12-16-9-17(13-23)11-18(10-16)14-23/h1-4,16-18H,5-15H2. The van der Waals surface area contributed by atoms with Gasteiger partial charge in [-0.25, -0.2) is 4.39 Å². The van der Waals surface area contributed by atoms with Crippen LogP contribution < -0.4 is 0 Å². The van der Waals surface area contributed by atoms with Crippen molar-refractivity contribution in [2.75, 3.05) is 26.2 Å². The Bertz CT molecular complexity index is 749. The van der Waals surface area contributed by atoms with Crippen molar-refractivity contribution < 1.29 is 14.0 Å². The number of rotatable bonds is 3. The van der Waals surface area contributed by atoms with E-state index in [0.29, 0.717) is 32.6 Å². The van der Waals surface area contributed by atoms with Gasteiger partial charge in [0.2, 0.25) is 5.91 Å². The molecule has 1 saturated heterocycles. The predicted molar refractivity (Wildman–Crippen MR) is 104 cm³/mol. The molecule has 5 aliphatic rings. The predicted octanol–water partition coefficient (Wildman–Crippen LogP) is 3.72. The van der Waals surface area contributed by atoms with Crippen LogP contribution in [0.5, 0.6) is 0 Å². The molecule has 6 rings (SSSR count). The van der Waals surface area contributed by atoms with E-state index < -0.39 is 5.82 Å². The van der Waals surface area contributed by atoms with E-state index >= 15 is 0 Å². The molecule has 1 aromatic rings. The number of carbonyl (C=O) groups excluding carboxylic acids is 2. The maximum atomic E-state index is 13.9. The summed E-state index contributed by atoms with van der Waals surface area (Å²) in [5.74, 6) is 2.08. The molecule has 1 aliphatic heterocycles. The number of nitrogens with zero attached hydrogens (tertiary/aromatic N) is 2. The molecule has 0 radical (unpaired) electrons. The van der Waals surface area contributed by atoms with E-state index in [0.717, 1.165) is 17.8 Å². The molecule has 4 bridgehead atoms. The summed E-state index contributed by atoms with van der Waals surface area (Å²) in [7, 11) is 0. The van der Waals surface area contributed by atoms with Gasteiger partial charge in [-0.05, 0) is 73.8 Å². The highest BCUT2D eigenvalue weighted by atomic mass is 19.1. The van der Waals surface area contributed by atoms with Crippen LogP contribution in [0.2, 0.25) is 0 Å². The molecule has 0 N–H and O–H groups in total. The Kier molecular flexibility index (Phi) is 4.44. The van der Waals surface area contributed by atoms with Gasteiger partial charge in [0.25, 0.3) is 5.91 Å². The zero-order valence-electron chi connectivity index (χ0n) is 16.4. The molecule has 5 fully saturated rings. The van der Waals surface area contributed by atoms with E-state index in [1.807, 2.05) is 4.90 Å². The Morgan fingerprint density at radius 1 is 0.893 bits per heavy atom. The largest absolute Gasteiger partial charge is 0.339 e. The molecule has 0 atom stereocenters. The van der Waals surface area contributed by atoms with Crippen LogP contribution in [0.1, 0.15) is 55.3 Å². The number of piperazine rings is 1. The van der Waals surface area contributed by atoms with Gasteiger partial charge >= 0.3 is 0 Å².